The van der Waals surface area contributed by atoms with Crippen molar-refractivity contribution in [1.82, 2.24) is 19.8 Å². The number of fused-ring (bicyclic) bond motifs is 5. The highest BCUT2D eigenvalue weighted by molar-refractivity contribution is 7.42. The maximum Gasteiger partial charge on any atom is 0.411 e. The molecule has 0 radical (unpaired) electrons. The predicted octanol–water partition coefficient (Wildman–Crippen LogP) is 12.6. The lowest BCUT2D eigenvalue weighted by molar-refractivity contribution is 0.0146. The summed E-state index contributed by atoms with van der Waals surface area (Å²) in [5.41, 5.74) is 5.98. The van der Waals surface area contributed by atoms with E-state index in [1.54, 1.807) is 23.1 Å². The number of carbonyl (C=O) groups excluding carboxylic acids is 1. The molecule has 374 valence electrons. The number of nitrogens with zero attached hydrogens (tertiary/aromatic N) is 6. The van der Waals surface area contributed by atoms with Gasteiger partial charge in [0.1, 0.15) is 49.4 Å². The number of ether oxygens (including phenoxy) is 3. The molecule has 4 aromatic carbocycles. The van der Waals surface area contributed by atoms with E-state index in [9.17, 15) is 4.79 Å². The van der Waals surface area contributed by atoms with E-state index in [1.807, 2.05) is 74.2 Å². The molecule has 0 spiro atoms. The van der Waals surface area contributed by atoms with Gasteiger partial charge in [-0.05, 0) is 97.6 Å². The van der Waals surface area contributed by atoms with E-state index < -0.39 is 43.1 Å². The van der Waals surface area contributed by atoms with Gasteiger partial charge in [0.05, 0.1) is 46.8 Å². The number of aliphatic imine (C=N–C) groups is 1. The van der Waals surface area contributed by atoms with Gasteiger partial charge in [-0.25, -0.2) is 23.0 Å². The van der Waals surface area contributed by atoms with Crippen LogP contribution in [-0.4, -0.2) is 109 Å². The van der Waals surface area contributed by atoms with Gasteiger partial charge in [-0.2, -0.15) is 9.97 Å². The molecule has 71 heavy (non-hydrogen) atoms. The van der Waals surface area contributed by atoms with E-state index in [0.29, 0.717) is 64.7 Å². The average Bonchev–Trinajstić information content (AvgIpc) is 3.94. The Bertz CT molecular complexity index is 2970. The molecule has 4 aliphatic heterocycles. The maximum atomic E-state index is 18.5. The number of hydrogen-bond donors (Lipinski definition) is 0. The third-order valence-corrected chi connectivity index (χ3v) is 22.0. The maximum absolute atomic E-state index is 18.5. The Morgan fingerprint density at radius 3 is 2.27 bits per heavy atom. The molecule has 0 N–H and O–H groups in total. The lowest BCUT2D eigenvalue weighted by atomic mass is 9.92. The van der Waals surface area contributed by atoms with Gasteiger partial charge in [0.2, 0.25) is 0 Å². The number of aromatic nitrogens is 2. The van der Waals surface area contributed by atoms with Crippen LogP contribution in [0.5, 0.6) is 11.8 Å². The molecule has 9 rings (SSSR count). The summed E-state index contributed by atoms with van der Waals surface area (Å²) >= 11 is 0. The largest absolute Gasteiger partial charge is 0.496 e. The van der Waals surface area contributed by atoms with Gasteiger partial charge in [-0.3, -0.25) is 9.80 Å². The smallest absolute Gasteiger partial charge is 0.411 e. The molecule has 3 unspecified atom stereocenters. The minimum atomic E-state index is -2.37. The lowest BCUT2D eigenvalue weighted by Crippen LogP contribution is -2.57. The number of benzene rings is 4. The van der Waals surface area contributed by atoms with E-state index in [0.717, 1.165) is 24.9 Å². The number of piperazine rings is 1. The van der Waals surface area contributed by atoms with E-state index in [4.69, 9.17) is 29.2 Å². The number of amides is 1. The van der Waals surface area contributed by atoms with Crippen molar-refractivity contribution in [1.29, 1.82) is 0 Å². The number of alkyl halides is 1. The van der Waals surface area contributed by atoms with E-state index in [2.05, 4.69) is 67.1 Å². The number of halogens is 3. The summed E-state index contributed by atoms with van der Waals surface area (Å²) in [5, 5.41) is 1.37. The van der Waals surface area contributed by atoms with Crippen LogP contribution in [0, 0.1) is 23.1 Å². The molecule has 1 aromatic heterocycles. The first-order valence-corrected chi connectivity index (χ1v) is 27.8. The molecule has 15 heteroatoms. The molecule has 3 fully saturated rings. The zero-order valence-corrected chi connectivity index (χ0v) is 44.7. The molecule has 1 amide bonds. The molecule has 5 aromatic rings. The number of methoxy groups -OCH3 is 1. The third-order valence-electron chi connectivity index (χ3n) is 15.2. The molecule has 5 heterocycles. The summed E-state index contributed by atoms with van der Waals surface area (Å²) in [4.78, 5) is 34.3. The van der Waals surface area contributed by atoms with Gasteiger partial charge in [-0.15, -0.1) is 5.54 Å². The zero-order valence-electron chi connectivity index (χ0n) is 42.6. The molecular weight excluding hydrogens is 937 g/mol. The topological polar surface area (TPSA) is 92.6 Å². The molecule has 0 saturated carbocycles. The SMILES string of the molecule is COc1cc(-c2cc(N=C(P)c3ccccc3)cc3ccc(F)c(C#C[Si](C(C)C)(C(C)C)C(C)C)c23)c(F)c2nc(OC[C@@]34CCCN3C[C@H](F)C4)nc(N3CC4C=CC(C3)N4C(=O)OC(C)(C)C)c12. The molecular formula is C56H66F3N6O4PSi. The summed E-state index contributed by atoms with van der Waals surface area (Å²) in [6.07, 6.45) is 4.56. The predicted molar refractivity (Wildman–Crippen MR) is 285 cm³/mol. The Morgan fingerprint density at radius 1 is 0.930 bits per heavy atom. The van der Waals surface area contributed by atoms with E-state index >= 15 is 13.2 Å². The number of rotatable bonds is 11. The van der Waals surface area contributed by atoms with Crippen LogP contribution in [0.4, 0.5) is 29.5 Å². The minimum Gasteiger partial charge on any atom is -0.496 e. The van der Waals surface area contributed by atoms with Crippen molar-refractivity contribution >= 4 is 62.0 Å². The van der Waals surface area contributed by atoms with Crippen LogP contribution in [0.1, 0.15) is 92.7 Å². The van der Waals surface area contributed by atoms with Crippen molar-refractivity contribution in [3.8, 4) is 34.4 Å². The molecule has 2 bridgehead atoms. The van der Waals surface area contributed by atoms with Crippen molar-refractivity contribution in [2.75, 3.05) is 44.8 Å². The second-order valence-corrected chi connectivity index (χ2v) is 27.8. The summed E-state index contributed by atoms with van der Waals surface area (Å²) in [6.45, 7) is 20.6. The summed E-state index contributed by atoms with van der Waals surface area (Å²) in [7, 11) is 1.85. The van der Waals surface area contributed by atoms with Crippen LogP contribution in [0.2, 0.25) is 16.6 Å². The Labute approximate surface area is 419 Å². The molecule has 0 aliphatic carbocycles. The molecule has 3 saturated heterocycles. The van der Waals surface area contributed by atoms with Crippen LogP contribution in [0.15, 0.2) is 77.8 Å². The van der Waals surface area contributed by atoms with Crippen LogP contribution in [0.3, 0.4) is 0 Å². The van der Waals surface area contributed by atoms with Crippen molar-refractivity contribution in [3.63, 3.8) is 0 Å². The van der Waals surface area contributed by atoms with Crippen LogP contribution in [0.25, 0.3) is 32.8 Å². The average molecular weight is 1000 g/mol. The summed E-state index contributed by atoms with van der Waals surface area (Å²) in [6, 6.07) is 17.3. The van der Waals surface area contributed by atoms with Crippen molar-refractivity contribution in [2.24, 2.45) is 4.99 Å². The first kappa shape index (κ1) is 50.5. The van der Waals surface area contributed by atoms with Crippen molar-refractivity contribution < 1.29 is 32.2 Å². The highest BCUT2D eigenvalue weighted by Gasteiger charge is 2.50. The van der Waals surface area contributed by atoms with Crippen molar-refractivity contribution in [2.45, 2.75) is 128 Å². The standard InChI is InChI=1S/C56H66F3N6O4PSi/c1-33(2)71(34(3)4,35(5)6)24-21-42-45(58)20-17-37-25-39(60-52(70)36-15-12-11-13-16-36)26-43(47(37)42)44-27-46(67-10)48-50(49(44)59)61-53(68-32-56-22-14-23-64(56)29-38(57)28-56)62-51(48)63-30-40-18-19-41(31-63)65(40)54(66)69-55(7,8)9/h11-13,15-20,25-27,33-35,38,40-41H,14,22-23,28-32,70H2,1-10H3/t38-,40?,41?,56+/m1/s1. The molecule has 10 nitrogen and oxygen atoms in total. The molecule has 4 aliphatic rings. The Morgan fingerprint density at radius 2 is 1.62 bits per heavy atom. The van der Waals surface area contributed by atoms with Gasteiger partial charge < -0.3 is 19.1 Å². The fraction of sp³-hybridized carbons (Fsp3) is 0.464. The zero-order chi connectivity index (χ0) is 50.7. The van der Waals surface area contributed by atoms with E-state index in [-0.39, 0.29) is 63.7 Å². The van der Waals surface area contributed by atoms with Crippen molar-refractivity contribution in [3.05, 3.63) is 95.6 Å². The number of hydrogen-bond acceptors (Lipinski definition) is 9. The monoisotopic (exact) mass is 1000 g/mol. The second kappa shape index (κ2) is 19.5. The lowest BCUT2D eigenvalue weighted by Gasteiger charge is -2.42. The van der Waals surface area contributed by atoms with E-state index in [1.165, 1.54) is 13.2 Å². The van der Waals surface area contributed by atoms with Crippen LogP contribution in [-0.2, 0) is 4.74 Å². The summed E-state index contributed by atoms with van der Waals surface area (Å²) in [5.74, 6) is 2.82. The van der Waals surface area contributed by atoms with Gasteiger partial charge in [0.15, 0.2) is 5.82 Å². The normalized spacial score (nSPS) is 21.5. The van der Waals surface area contributed by atoms with Gasteiger partial charge in [0, 0.05) is 37.0 Å². The highest BCUT2D eigenvalue weighted by atomic mass is 31.0. The fourth-order valence-corrected chi connectivity index (χ4v) is 17.6. The van der Waals surface area contributed by atoms with Crippen LogP contribution >= 0.6 is 9.24 Å². The first-order valence-electron chi connectivity index (χ1n) is 25.0. The Balaban J connectivity index is 1.27. The van der Waals surface area contributed by atoms with Gasteiger partial charge >= 0.3 is 12.1 Å². The van der Waals surface area contributed by atoms with Crippen LogP contribution < -0.4 is 14.4 Å². The third kappa shape index (κ3) is 9.43. The quantitative estimate of drug-likeness (QED) is 0.0425. The second-order valence-electron chi connectivity index (χ2n) is 21.7. The minimum absolute atomic E-state index is 0.0715. The van der Waals surface area contributed by atoms with Gasteiger partial charge in [0.25, 0.3) is 0 Å². The summed E-state index contributed by atoms with van der Waals surface area (Å²) < 4.78 is 68.8. The number of carbonyl (C=O) groups is 1. The fourth-order valence-electron chi connectivity index (χ4n) is 12.0. The number of anilines is 1. The first-order chi connectivity index (χ1) is 33.7. The highest BCUT2D eigenvalue weighted by Crippen LogP contribution is 2.47. The Hall–Kier alpha value is -5.48. The molecule has 5 atom stereocenters. The Kier molecular flexibility index (Phi) is 13.9. The van der Waals surface area contributed by atoms with Gasteiger partial charge in [-0.1, -0.05) is 105 Å².